The third kappa shape index (κ3) is 2.71. The van der Waals surface area contributed by atoms with Crippen molar-refractivity contribution in [1.29, 1.82) is 0 Å². The topological polar surface area (TPSA) is 43.9 Å². The van der Waals surface area contributed by atoms with Gasteiger partial charge in [-0.3, -0.25) is 0 Å². The molecule has 3 aromatic rings. The quantitative estimate of drug-likeness (QED) is 0.719. The van der Waals surface area contributed by atoms with Crippen LogP contribution in [0, 0.1) is 5.41 Å². The Balaban J connectivity index is 2.05. The van der Waals surface area contributed by atoms with Gasteiger partial charge in [-0.1, -0.05) is 39.0 Å². The molecule has 0 spiro atoms. The Morgan fingerprint density at radius 2 is 1.90 bits per heavy atom. The summed E-state index contributed by atoms with van der Waals surface area (Å²) in [7, 11) is 0. The van der Waals surface area contributed by atoms with E-state index in [1.165, 1.54) is 5.52 Å². The van der Waals surface area contributed by atoms with Crippen LogP contribution in [0.4, 0.5) is 0 Å². The number of benzene rings is 1. The normalized spacial score (nSPS) is 12.2. The highest BCUT2D eigenvalue weighted by Crippen LogP contribution is 2.30. The molecule has 0 saturated carbocycles. The van der Waals surface area contributed by atoms with Gasteiger partial charge in [0.25, 0.3) is 0 Å². The summed E-state index contributed by atoms with van der Waals surface area (Å²) in [4.78, 5) is 0. The first-order chi connectivity index (χ1) is 9.98. The number of para-hydroxylation sites is 1. The van der Waals surface area contributed by atoms with Crippen molar-refractivity contribution in [1.82, 2.24) is 14.8 Å². The number of rotatable bonds is 3. The fourth-order valence-electron chi connectivity index (χ4n) is 2.57. The lowest BCUT2D eigenvalue weighted by Gasteiger charge is -2.14. The summed E-state index contributed by atoms with van der Waals surface area (Å²) in [5.41, 5.74) is 2.35. The van der Waals surface area contributed by atoms with E-state index < -0.39 is 0 Å². The molecule has 4 heteroatoms. The second-order valence-electron chi connectivity index (χ2n) is 6.58. The molecule has 4 nitrogen and oxygen atoms in total. The van der Waals surface area contributed by atoms with E-state index in [1.807, 2.05) is 6.07 Å². The average Bonchev–Trinajstić information content (AvgIpc) is 3.00. The van der Waals surface area contributed by atoms with E-state index in [-0.39, 0.29) is 5.41 Å². The Morgan fingerprint density at radius 1 is 1.14 bits per heavy atom. The van der Waals surface area contributed by atoms with Crippen molar-refractivity contribution in [2.45, 2.75) is 40.7 Å². The summed E-state index contributed by atoms with van der Waals surface area (Å²) >= 11 is 0. The van der Waals surface area contributed by atoms with Crippen LogP contribution in [-0.2, 0) is 13.0 Å². The van der Waals surface area contributed by atoms with Gasteiger partial charge in [-0.15, -0.1) is 10.2 Å². The molecule has 0 atom stereocenters. The third-order valence-electron chi connectivity index (χ3n) is 3.51. The van der Waals surface area contributed by atoms with Crippen molar-refractivity contribution in [2.75, 3.05) is 0 Å². The molecule has 2 heterocycles. The van der Waals surface area contributed by atoms with Crippen molar-refractivity contribution in [3.63, 3.8) is 0 Å². The van der Waals surface area contributed by atoms with E-state index in [0.29, 0.717) is 11.8 Å². The van der Waals surface area contributed by atoms with Crippen LogP contribution in [0.1, 0.15) is 33.6 Å². The zero-order chi connectivity index (χ0) is 15.0. The number of nitrogens with zero attached hydrogens (tertiary/aromatic N) is 3. The van der Waals surface area contributed by atoms with Crippen molar-refractivity contribution < 1.29 is 4.42 Å². The lowest BCUT2D eigenvalue weighted by Crippen LogP contribution is -2.09. The molecule has 1 aromatic carbocycles. The molecule has 110 valence electrons. The van der Waals surface area contributed by atoms with Gasteiger partial charge in [0.05, 0.1) is 5.56 Å². The van der Waals surface area contributed by atoms with E-state index in [2.05, 4.69) is 66.9 Å². The second kappa shape index (κ2) is 5.02. The Kier molecular flexibility index (Phi) is 3.32. The van der Waals surface area contributed by atoms with Crippen molar-refractivity contribution >= 4 is 10.9 Å². The fraction of sp³-hybridized carbons (Fsp3) is 0.412. The Labute approximate surface area is 124 Å². The monoisotopic (exact) mass is 283 g/mol. The molecule has 0 saturated heterocycles. The SMILES string of the molecule is CCn1cc(-c2nnc(CC(C)(C)C)o2)c2ccccc21. The molecule has 0 radical (unpaired) electrons. The lowest BCUT2D eigenvalue weighted by atomic mass is 9.92. The van der Waals surface area contributed by atoms with E-state index in [4.69, 9.17) is 4.42 Å². The maximum atomic E-state index is 5.88. The van der Waals surface area contributed by atoms with Crippen molar-refractivity contribution in [3.8, 4) is 11.5 Å². The number of aromatic nitrogens is 3. The van der Waals surface area contributed by atoms with E-state index in [0.717, 1.165) is 23.9 Å². The van der Waals surface area contributed by atoms with Crippen LogP contribution in [0.15, 0.2) is 34.9 Å². The van der Waals surface area contributed by atoms with Crippen LogP contribution < -0.4 is 0 Å². The smallest absolute Gasteiger partial charge is 0.249 e. The summed E-state index contributed by atoms with van der Waals surface area (Å²) in [6.45, 7) is 9.55. The van der Waals surface area contributed by atoms with E-state index in [9.17, 15) is 0 Å². The van der Waals surface area contributed by atoms with Gasteiger partial charge in [0.1, 0.15) is 0 Å². The predicted molar refractivity (Wildman–Crippen MR) is 84.1 cm³/mol. The van der Waals surface area contributed by atoms with Gasteiger partial charge in [0.2, 0.25) is 11.8 Å². The minimum Gasteiger partial charge on any atom is -0.421 e. The van der Waals surface area contributed by atoms with Crippen molar-refractivity contribution in [3.05, 3.63) is 36.4 Å². The van der Waals surface area contributed by atoms with Gasteiger partial charge >= 0.3 is 0 Å². The van der Waals surface area contributed by atoms with Gasteiger partial charge in [0.15, 0.2) is 0 Å². The van der Waals surface area contributed by atoms with E-state index in [1.54, 1.807) is 0 Å². The number of aryl methyl sites for hydroxylation is 1. The summed E-state index contributed by atoms with van der Waals surface area (Å²) in [6, 6.07) is 8.31. The van der Waals surface area contributed by atoms with Crippen LogP contribution >= 0.6 is 0 Å². The van der Waals surface area contributed by atoms with Crippen LogP contribution in [0.25, 0.3) is 22.4 Å². The van der Waals surface area contributed by atoms with Gasteiger partial charge in [0, 0.05) is 30.1 Å². The number of hydrogen-bond donors (Lipinski definition) is 0. The highest BCUT2D eigenvalue weighted by Gasteiger charge is 2.19. The predicted octanol–water partition coefficient (Wildman–Crippen LogP) is 4.30. The van der Waals surface area contributed by atoms with Crippen LogP contribution in [0.3, 0.4) is 0 Å². The van der Waals surface area contributed by atoms with Gasteiger partial charge in [-0.2, -0.15) is 0 Å². The summed E-state index contributed by atoms with van der Waals surface area (Å²) in [5.74, 6) is 1.31. The van der Waals surface area contributed by atoms with Crippen LogP contribution in [-0.4, -0.2) is 14.8 Å². The molecule has 0 N–H and O–H groups in total. The highest BCUT2D eigenvalue weighted by molar-refractivity contribution is 5.93. The summed E-state index contributed by atoms with van der Waals surface area (Å²) in [5, 5.41) is 9.59. The fourth-order valence-corrected chi connectivity index (χ4v) is 2.57. The molecule has 3 rings (SSSR count). The number of fused-ring (bicyclic) bond motifs is 1. The lowest BCUT2D eigenvalue weighted by molar-refractivity contribution is 0.357. The number of hydrogen-bond acceptors (Lipinski definition) is 3. The maximum Gasteiger partial charge on any atom is 0.249 e. The molecule has 0 aliphatic rings. The first-order valence-electron chi connectivity index (χ1n) is 7.38. The molecule has 0 unspecified atom stereocenters. The van der Waals surface area contributed by atoms with Crippen LogP contribution in [0.5, 0.6) is 0 Å². The van der Waals surface area contributed by atoms with Crippen molar-refractivity contribution in [2.24, 2.45) is 5.41 Å². The molecule has 0 aliphatic carbocycles. The molecule has 0 aliphatic heterocycles. The Hall–Kier alpha value is -2.10. The molecule has 2 aromatic heterocycles. The van der Waals surface area contributed by atoms with Gasteiger partial charge in [-0.05, 0) is 18.4 Å². The first-order valence-corrected chi connectivity index (χ1v) is 7.38. The molecule has 0 amide bonds. The second-order valence-corrected chi connectivity index (χ2v) is 6.58. The molecule has 0 bridgehead atoms. The minimum absolute atomic E-state index is 0.140. The van der Waals surface area contributed by atoms with E-state index >= 15 is 0 Å². The Bertz CT molecular complexity index is 762. The summed E-state index contributed by atoms with van der Waals surface area (Å²) < 4.78 is 8.08. The average molecular weight is 283 g/mol. The minimum atomic E-state index is 0.140. The highest BCUT2D eigenvalue weighted by atomic mass is 16.4. The molecular formula is C17H21N3O. The zero-order valence-electron chi connectivity index (χ0n) is 13.1. The van der Waals surface area contributed by atoms with Crippen LogP contribution in [0.2, 0.25) is 0 Å². The standard InChI is InChI=1S/C17H21N3O/c1-5-20-11-13(12-8-6-7-9-14(12)20)16-19-18-15(21-16)10-17(2,3)4/h6-9,11H,5,10H2,1-4H3. The third-order valence-corrected chi connectivity index (χ3v) is 3.51. The molecule has 21 heavy (non-hydrogen) atoms. The largest absolute Gasteiger partial charge is 0.421 e. The van der Waals surface area contributed by atoms with Gasteiger partial charge < -0.3 is 8.98 Å². The van der Waals surface area contributed by atoms with Gasteiger partial charge in [-0.25, -0.2) is 0 Å². The molecule has 0 fully saturated rings. The summed E-state index contributed by atoms with van der Waals surface area (Å²) in [6.07, 6.45) is 2.88. The maximum absolute atomic E-state index is 5.88. The zero-order valence-corrected chi connectivity index (χ0v) is 13.1. The molecular weight excluding hydrogens is 262 g/mol. The first kappa shape index (κ1) is 13.9. The Morgan fingerprint density at radius 3 is 2.62 bits per heavy atom.